The van der Waals surface area contributed by atoms with Crippen molar-refractivity contribution in [2.24, 2.45) is 0 Å². The van der Waals surface area contributed by atoms with E-state index in [1.807, 2.05) is 24.4 Å². The lowest BCUT2D eigenvalue weighted by molar-refractivity contribution is 1.11. The van der Waals surface area contributed by atoms with Gasteiger partial charge in [0.25, 0.3) is 0 Å². The van der Waals surface area contributed by atoms with Gasteiger partial charge in [0.15, 0.2) is 0 Å². The molecule has 0 unspecified atom stereocenters. The molecule has 0 aromatic carbocycles. The van der Waals surface area contributed by atoms with Crippen LogP contribution in [0.25, 0.3) is 10.6 Å². The zero-order valence-electron chi connectivity index (χ0n) is 6.69. The summed E-state index contributed by atoms with van der Waals surface area (Å²) in [4.78, 5) is 9.42. The smallest absolute Gasteiger partial charge is 0.116 e. The average Bonchev–Trinajstić information content (AvgIpc) is 2.56. The summed E-state index contributed by atoms with van der Waals surface area (Å²) in [7, 11) is 0. The van der Waals surface area contributed by atoms with E-state index >= 15 is 0 Å². The van der Waals surface area contributed by atoms with Crippen molar-refractivity contribution in [2.45, 2.75) is 6.92 Å². The van der Waals surface area contributed by atoms with Crippen LogP contribution in [0.4, 0.5) is 0 Å². The maximum Gasteiger partial charge on any atom is 0.116 e. The third-order valence-corrected chi connectivity index (χ3v) is 2.47. The Bertz CT molecular complexity index is 368. The van der Waals surface area contributed by atoms with Crippen molar-refractivity contribution in [1.82, 2.24) is 9.97 Å². The van der Waals surface area contributed by atoms with E-state index in [2.05, 4.69) is 16.0 Å². The first-order chi connectivity index (χ1) is 5.86. The third kappa shape index (κ3) is 1.36. The molecule has 0 spiro atoms. The van der Waals surface area contributed by atoms with Crippen molar-refractivity contribution in [1.29, 1.82) is 0 Å². The predicted molar refractivity (Wildman–Crippen MR) is 50.1 cm³/mol. The van der Waals surface area contributed by atoms with Crippen LogP contribution < -0.4 is 0 Å². The third-order valence-electron chi connectivity index (χ3n) is 1.58. The number of rotatable bonds is 1. The molecule has 0 bridgehead atoms. The summed E-state index contributed by atoms with van der Waals surface area (Å²) in [6.45, 7) is 1.97. The van der Waals surface area contributed by atoms with Gasteiger partial charge >= 0.3 is 0 Å². The van der Waals surface area contributed by atoms with Crippen molar-refractivity contribution in [3.63, 3.8) is 0 Å². The van der Waals surface area contributed by atoms with Crippen LogP contribution in [0.3, 0.4) is 0 Å². The average molecular weight is 176 g/mol. The van der Waals surface area contributed by atoms with Crippen LogP contribution in [0.15, 0.2) is 29.9 Å². The van der Waals surface area contributed by atoms with Gasteiger partial charge in [-0.3, -0.25) is 0 Å². The first kappa shape index (κ1) is 7.43. The summed E-state index contributed by atoms with van der Waals surface area (Å²) in [5.74, 6) is 0. The molecule has 12 heavy (non-hydrogen) atoms. The van der Waals surface area contributed by atoms with Gasteiger partial charge in [-0.05, 0) is 24.4 Å². The maximum atomic E-state index is 4.18. The Morgan fingerprint density at radius 1 is 1.33 bits per heavy atom. The van der Waals surface area contributed by atoms with E-state index in [0.717, 1.165) is 11.4 Å². The van der Waals surface area contributed by atoms with Gasteiger partial charge in [0.2, 0.25) is 0 Å². The first-order valence-electron chi connectivity index (χ1n) is 3.69. The van der Waals surface area contributed by atoms with E-state index in [1.54, 1.807) is 17.7 Å². The molecular weight excluding hydrogens is 168 g/mol. The van der Waals surface area contributed by atoms with E-state index < -0.39 is 0 Å². The molecular formula is C9H8N2S. The van der Waals surface area contributed by atoms with Crippen molar-refractivity contribution in [3.05, 3.63) is 35.6 Å². The molecule has 0 aliphatic rings. The SMILES string of the molecule is Cc1cc(-c2cccs2)ncn1. The standard InChI is InChI=1S/C9H8N2S/c1-7-5-8(11-6-10-7)9-3-2-4-12-9/h2-6H,1H3. The highest BCUT2D eigenvalue weighted by Gasteiger charge is 1.98. The van der Waals surface area contributed by atoms with Crippen LogP contribution in [-0.4, -0.2) is 9.97 Å². The monoisotopic (exact) mass is 176 g/mol. The fourth-order valence-corrected chi connectivity index (χ4v) is 1.71. The van der Waals surface area contributed by atoms with Crippen molar-refractivity contribution >= 4 is 11.3 Å². The Labute approximate surface area is 74.9 Å². The summed E-state index contributed by atoms with van der Waals surface area (Å²) in [6.07, 6.45) is 1.60. The van der Waals surface area contributed by atoms with E-state index in [9.17, 15) is 0 Å². The summed E-state index contributed by atoms with van der Waals surface area (Å²) >= 11 is 1.69. The molecule has 2 aromatic heterocycles. The molecule has 0 radical (unpaired) electrons. The van der Waals surface area contributed by atoms with E-state index in [1.165, 1.54) is 4.88 Å². The van der Waals surface area contributed by atoms with Crippen LogP contribution in [0.5, 0.6) is 0 Å². The number of aromatic nitrogens is 2. The fraction of sp³-hybridized carbons (Fsp3) is 0.111. The highest BCUT2D eigenvalue weighted by Crippen LogP contribution is 2.21. The van der Waals surface area contributed by atoms with Gasteiger partial charge in [0.05, 0.1) is 10.6 Å². The minimum atomic E-state index is 1.01. The molecule has 2 heterocycles. The molecule has 60 valence electrons. The minimum Gasteiger partial charge on any atom is -0.242 e. The summed E-state index contributed by atoms with van der Waals surface area (Å²) in [5.41, 5.74) is 2.02. The zero-order chi connectivity index (χ0) is 8.39. The fourth-order valence-electron chi connectivity index (χ4n) is 1.01. The Morgan fingerprint density at radius 2 is 2.25 bits per heavy atom. The lowest BCUT2D eigenvalue weighted by atomic mass is 10.3. The van der Waals surface area contributed by atoms with Crippen molar-refractivity contribution < 1.29 is 0 Å². The number of thiophene rings is 1. The quantitative estimate of drug-likeness (QED) is 0.667. The lowest BCUT2D eigenvalue weighted by Gasteiger charge is -1.95. The van der Waals surface area contributed by atoms with Gasteiger partial charge < -0.3 is 0 Å². The van der Waals surface area contributed by atoms with Gasteiger partial charge in [-0.1, -0.05) is 6.07 Å². The molecule has 2 rings (SSSR count). The molecule has 0 aliphatic carbocycles. The van der Waals surface area contributed by atoms with Gasteiger partial charge in [-0.2, -0.15) is 0 Å². The van der Waals surface area contributed by atoms with Crippen LogP contribution in [0, 0.1) is 6.92 Å². The normalized spacial score (nSPS) is 10.1. The van der Waals surface area contributed by atoms with Crippen LogP contribution in [0.1, 0.15) is 5.69 Å². The second-order valence-corrected chi connectivity index (χ2v) is 3.47. The summed E-state index contributed by atoms with van der Waals surface area (Å²) in [6, 6.07) is 6.08. The van der Waals surface area contributed by atoms with Crippen molar-refractivity contribution in [3.8, 4) is 10.6 Å². The number of hydrogen-bond donors (Lipinski definition) is 0. The minimum absolute atomic E-state index is 1.01. The van der Waals surface area contributed by atoms with Gasteiger partial charge in [0, 0.05) is 5.69 Å². The largest absolute Gasteiger partial charge is 0.242 e. The number of aryl methyl sites for hydroxylation is 1. The molecule has 0 saturated carbocycles. The van der Waals surface area contributed by atoms with Crippen LogP contribution >= 0.6 is 11.3 Å². The molecule has 2 aromatic rings. The van der Waals surface area contributed by atoms with Crippen LogP contribution in [0.2, 0.25) is 0 Å². The van der Waals surface area contributed by atoms with Crippen LogP contribution in [-0.2, 0) is 0 Å². The lowest BCUT2D eigenvalue weighted by Crippen LogP contribution is -1.84. The topological polar surface area (TPSA) is 25.8 Å². The molecule has 0 amide bonds. The van der Waals surface area contributed by atoms with Gasteiger partial charge in [-0.15, -0.1) is 11.3 Å². The van der Waals surface area contributed by atoms with Gasteiger partial charge in [-0.25, -0.2) is 9.97 Å². The molecule has 0 N–H and O–H groups in total. The highest BCUT2D eigenvalue weighted by atomic mass is 32.1. The summed E-state index contributed by atoms with van der Waals surface area (Å²) in [5, 5.41) is 2.05. The van der Waals surface area contributed by atoms with Crippen molar-refractivity contribution in [2.75, 3.05) is 0 Å². The zero-order valence-corrected chi connectivity index (χ0v) is 7.51. The molecule has 0 fully saturated rings. The Kier molecular flexibility index (Phi) is 1.87. The second-order valence-electron chi connectivity index (χ2n) is 2.52. The number of nitrogens with zero attached hydrogens (tertiary/aromatic N) is 2. The Morgan fingerprint density at radius 3 is 2.92 bits per heavy atom. The number of hydrogen-bond acceptors (Lipinski definition) is 3. The Hall–Kier alpha value is -1.22. The highest BCUT2D eigenvalue weighted by molar-refractivity contribution is 7.13. The molecule has 2 nitrogen and oxygen atoms in total. The molecule has 0 aliphatic heterocycles. The van der Waals surface area contributed by atoms with E-state index in [4.69, 9.17) is 0 Å². The molecule has 0 atom stereocenters. The second kappa shape index (κ2) is 3.03. The Balaban J connectivity index is 2.48. The maximum absolute atomic E-state index is 4.18. The van der Waals surface area contributed by atoms with Gasteiger partial charge in [0.1, 0.15) is 6.33 Å². The van der Waals surface area contributed by atoms with E-state index in [0.29, 0.717) is 0 Å². The molecule has 3 heteroatoms. The first-order valence-corrected chi connectivity index (χ1v) is 4.57. The summed E-state index contributed by atoms with van der Waals surface area (Å²) < 4.78 is 0. The predicted octanol–water partition coefficient (Wildman–Crippen LogP) is 2.51. The molecule has 0 saturated heterocycles. The van der Waals surface area contributed by atoms with E-state index in [-0.39, 0.29) is 0 Å².